The first kappa shape index (κ1) is 19.5. The van der Waals surface area contributed by atoms with Crippen LogP contribution in [-0.2, 0) is 9.59 Å². The topological polar surface area (TPSA) is 128 Å². The summed E-state index contributed by atoms with van der Waals surface area (Å²) < 4.78 is 16.6. The fourth-order valence-electron chi connectivity index (χ4n) is 3.50. The van der Waals surface area contributed by atoms with Gasteiger partial charge in [-0.25, -0.2) is 0 Å². The summed E-state index contributed by atoms with van der Waals surface area (Å²) in [5.74, 6) is -0.150. The van der Waals surface area contributed by atoms with Crippen molar-refractivity contribution in [2.24, 2.45) is 0 Å². The lowest BCUT2D eigenvalue weighted by Gasteiger charge is -2.14. The van der Waals surface area contributed by atoms with Gasteiger partial charge in [0.15, 0.2) is 17.1 Å². The minimum Gasteiger partial charge on any atom is -0.493 e. The molecule has 0 aliphatic carbocycles. The summed E-state index contributed by atoms with van der Waals surface area (Å²) >= 11 is 0. The number of methoxy groups -OCH3 is 1. The van der Waals surface area contributed by atoms with Crippen LogP contribution in [0.2, 0.25) is 0 Å². The second-order valence-electron chi connectivity index (χ2n) is 7.03. The molecule has 1 aliphatic rings. The van der Waals surface area contributed by atoms with E-state index in [-0.39, 0.29) is 42.1 Å². The minimum atomic E-state index is -0.535. The van der Waals surface area contributed by atoms with Gasteiger partial charge in [-0.3, -0.25) is 24.6 Å². The standard InChI is InChI=1S/C22H16N4O6/c1-30-15-7-3-4-12-11-16(31-19(12)15)21-24-25-22(32-21)23-20(29)13-5-2-6-14(10-13)26-17(27)8-9-18(26)28/h2-7,10-11H,8-9H2,1H3,(H,23,25,29). The van der Waals surface area contributed by atoms with E-state index >= 15 is 0 Å². The highest BCUT2D eigenvalue weighted by molar-refractivity contribution is 6.20. The van der Waals surface area contributed by atoms with Crippen LogP contribution in [0.15, 0.2) is 57.4 Å². The number of para-hydroxylation sites is 1. The van der Waals surface area contributed by atoms with Crippen LogP contribution >= 0.6 is 0 Å². The van der Waals surface area contributed by atoms with Crippen LogP contribution in [0, 0.1) is 0 Å². The lowest BCUT2D eigenvalue weighted by atomic mass is 10.2. The Bertz CT molecular complexity index is 1360. The maximum atomic E-state index is 12.6. The Hall–Kier alpha value is -4.47. The number of nitrogens with one attached hydrogen (secondary N) is 1. The third kappa shape index (κ3) is 3.37. The molecule has 1 N–H and O–H groups in total. The minimum absolute atomic E-state index is 0.0839. The number of anilines is 2. The Morgan fingerprint density at radius 1 is 1.03 bits per heavy atom. The number of amides is 3. The number of ether oxygens (including phenoxy) is 1. The SMILES string of the molecule is COc1cccc2cc(-c3nnc(NC(=O)c4cccc(N5C(=O)CCC5=O)c4)o3)oc12. The summed E-state index contributed by atoms with van der Waals surface area (Å²) in [6, 6.07) is 13.2. The quantitative estimate of drug-likeness (QED) is 0.475. The molecule has 1 fully saturated rings. The summed E-state index contributed by atoms with van der Waals surface area (Å²) in [6.45, 7) is 0. The van der Waals surface area contributed by atoms with Crippen molar-refractivity contribution in [2.75, 3.05) is 17.3 Å². The number of carbonyl (C=O) groups is 3. The number of hydrogen-bond acceptors (Lipinski definition) is 8. The molecule has 0 saturated carbocycles. The summed E-state index contributed by atoms with van der Waals surface area (Å²) in [5.41, 5.74) is 1.10. The molecular weight excluding hydrogens is 416 g/mol. The molecule has 0 atom stereocenters. The molecule has 0 radical (unpaired) electrons. The maximum absolute atomic E-state index is 12.6. The molecule has 0 spiro atoms. The number of nitrogens with zero attached hydrogens (tertiary/aromatic N) is 3. The van der Waals surface area contributed by atoms with Gasteiger partial charge < -0.3 is 13.6 Å². The number of rotatable bonds is 5. The van der Waals surface area contributed by atoms with E-state index in [0.717, 1.165) is 10.3 Å². The molecule has 0 unspecified atom stereocenters. The van der Waals surface area contributed by atoms with Gasteiger partial charge in [-0.05, 0) is 30.3 Å². The molecule has 160 valence electrons. The first-order valence-electron chi connectivity index (χ1n) is 9.71. The van der Waals surface area contributed by atoms with Gasteiger partial charge in [0.2, 0.25) is 11.8 Å². The van der Waals surface area contributed by atoms with E-state index in [1.54, 1.807) is 37.4 Å². The van der Waals surface area contributed by atoms with E-state index in [1.807, 2.05) is 12.1 Å². The molecular formula is C22H16N4O6. The van der Waals surface area contributed by atoms with Crippen molar-refractivity contribution in [1.82, 2.24) is 10.2 Å². The molecule has 3 heterocycles. The van der Waals surface area contributed by atoms with Gasteiger partial charge in [-0.2, -0.15) is 0 Å². The second kappa shape index (κ2) is 7.65. The van der Waals surface area contributed by atoms with Crippen LogP contribution < -0.4 is 15.0 Å². The van der Waals surface area contributed by atoms with Crippen LogP contribution in [0.5, 0.6) is 5.75 Å². The molecule has 32 heavy (non-hydrogen) atoms. The smallest absolute Gasteiger partial charge is 0.322 e. The lowest BCUT2D eigenvalue weighted by molar-refractivity contribution is -0.121. The zero-order valence-electron chi connectivity index (χ0n) is 16.8. The maximum Gasteiger partial charge on any atom is 0.322 e. The van der Waals surface area contributed by atoms with Gasteiger partial charge >= 0.3 is 6.01 Å². The van der Waals surface area contributed by atoms with Gasteiger partial charge in [0.05, 0.1) is 12.8 Å². The first-order valence-corrected chi connectivity index (χ1v) is 9.71. The average Bonchev–Trinajstić information content (AvgIpc) is 3.52. The summed E-state index contributed by atoms with van der Waals surface area (Å²) in [6.07, 6.45) is 0.321. The number of aromatic nitrogens is 2. The zero-order chi connectivity index (χ0) is 22.2. The Morgan fingerprint density at radius 3 is 2.59 bits per heavy atom. The number of carbonyl (C=O) groups excluding carboxylic acids is 3. The van der Waals surface area contributed by atoms with Crippen molar-refractivity contribution < 1.29 is 28.0 Å². The normalized spacial score (nSPS) is 13.7. The van der Waals surface area contributed by atoms with Crippen molar-refractivity contribution in [3.8, 4) is 17.4 Å². The van der Waals surface area contributed by atoms with Crippen LogP contribution in [0.3, 0.4) is 0 Å². The molecule has 10 nitrogen and oxygen atoms in total. The Balaban J connectivity index is 1.36. The number of furan rings is 1. The molecule has 0 bridgehead atoms. The monoisotopic (exact) mass is 432 g/mol. The second-order valence-corrected chi connectivity index (χ2v) is 7.03. The summed E-state index contributed by atoms with van der Waals surface area (Å²) in [5, 5.41) is 11.1. The Labute approximate surface area is 180 Å². The van der Waals surface area contributed by atoms with E-state index in [9.17, 15) is 14.4 Å². The molecule has 4 aromatic rings. The van der Waals surface area contributed by atoms with Crippen molar-refractivity contribution in [1.29, 1.82) is 0 Å². The van der Waals surface area contributed by atoms with Crippen molar-refractivity contribution >= 4 is 40.4 Å². The summed E-state index contributed by atoms with van der Waals surface area (Å²) in [7, 11) is 1.54. The van der Waals surface area contributed by atoms with E-state index < -0.39 is 5.91 Å². The first-order chi connectivity index (χ1) is 15.5. The van der Waals surface area contributed by atoms with Gasteiger partial charge in [0, 0.05) is 23.8 Å². The largest absolute Gasteiger partial charge is 0.493 e. The molecule has 1 aliphatic heterocycles. The van der Waals surface area contributed by atoms with E-state index in [1.165, 1.54) is 6.07 Å². The lowest BCUT2D eigenvalue weighted by Crippen LogP contribution is -2.28. The number of benzene rings is 2. The van der Waals surface area contributed by atoms with Crippen molar-refractivity contribution in [3.63, 3.8) is 0 Å². The third-order valence-corrected chi connectivity index (χ3v) is 5.00. The molecule has 2 aromatic carbocycles. The molecule has 2 aromatic heterocycles. The molecule has 5 rings (SSSR count). The van der Waals surface area contributed by atoms with Crippen molar-refractivity contribution in [2.45, 2.75) is 12.8 Å². The Morgan fingerprint density at radius 2 is 1.81 bits per heavy atom. The van der Waals surface area contributed by atoms with Crippen LogP contribution in [0.25, 0.3) is 22.6 Å². The van der Waals surface area contributed by atoms with Gasteiger partial charge in [-0.1, -0.05) is 23.3 Å². The predicted octanol–water partition coefficient (Wildman–Crippen LogP) is 3.40. The highest BCUT2D eigenvalue weighted by atomic mass is 16.5. The summed E-state index contributed by atoms with van der Waals surface area (Å²) in [4.78, 5) is 37.6. The zero-order valence-corrected chi connectivity index (χ0v) is 16.8. The third-order valence-electron chi connectivity index (χ3n) is 5.00. The highest BCUT2D eigenvalue weighted by Crippen LogP contribution is 2.33. The average molecular weight is 432 g/mol. The van der Waals surface area contributed by atoms with Crippen LogP contribution in [-0.4, -0.2) is 35.0 Å². The van der Waals surface area contributed by atoms with Gasteiger partial charge in [-0.15, -0.1) is 5.10 Å². The van der Waals surface area contributed by atoms with E-state index in [2.05, 4.69) is 15.5 Å². The van der Waals surface area contributed by atoms with Crippen LogP contribution in [0.1, 0.15) is 23.2 Å². The highest BCUT2D eigenvalue weighted by Gasteiger charge is 2.30. The fraction of sp³-hybridized carbons (Fsp3) is 0.136. The number of hydrogen-bond donors (Lipinski definition) is 1. The fourth-order valence-corrected chi connectivity index (χ4v) is 3.50. The van der Waals surface area contributed by atoms with Gasteiger partial charge in [0.1, 0.15) is 0 Å². The van der Waals surface area contributed by atoms with Crippen molar-refractivity contribution in [3.05, 3.63) is 54.1 Å². The molecule has 3 amide bonds. The molecule has 1 saturated heterocycles. The van der Waals surface area contributed by atoms with Crippen LogP contribution in [0.4, 0.5) is 11.7 Å². The van der Waals surface area contributed by atoms with E-state index in [0.29, 0.717) is 22.8 Å². The molecule has 10 heteroatoms. The van der Waals surface area contributed by atoms with Gasteiger partial charge in [0.25, 0.3) is 11.8 Å². The Kier molecular flexibility index (Phi) is 4.66. The van der Waals surface area contributed by atoms with E-state index in [4.69, 9.17) is 13.6 Å². The number of fused-ring (bicyclic) bond motifs is 1. The predicted molar refractivity (Wildman–Crippen MR) is 112 cm³/mol. The number of imide groups is 1.